The van der Waals surface area contributed by atoms with Crippen LogP contribution >= 0.6 is 0 Å². The molecule has 0 aliphatic carbocycles. The Morgan fingerprint density at radius 1 is 1.14 bits per heavy atom. The van der Waals surface area contributed by atoms with E-state index in [9.17, 15) is 0 Å². The molecule has 0 aliphatic rings. The van der Waals surface area contributed by atoms with E-state index in [1.54, 1.807) is 0 Å². The lowest BCUT2D eigenvalue weighted by Gasteiger charge is -2.25. The third-order valence-corrected chi connectivity index (χ3v) is 2.85. The van der Waals surface area contributed by atoms with Crippen LogP contribution in [0.3, 0.4) is 0 Å². The lowest BCUT2D eigenvalue weighted by atomic mass is 9.79. The van der Waals surface area contributed by atoms with Gasteiger partial charge in [0.05, 0.1) is 0 Å². The van der Waals surface area contributed by atoms with E-state index < -0.39 is 0 Å². The van der Waals surface area contributed by atoms with E-state index in [-0.39, 0.29) is 5.41 Å². The van der Waals surface area contributed by atoms with Gasteiger partial charge in [0, 0.05) is 0 Å². The third kappa shape index (κ3) is 2.90. The van der Waals surface area contributed by atoms with Gasteiger partial charge in [-0.1, -0.05) is 63.3 Å². The molecule has 0 heterocycles. The molecule has 0 nitrogen and oxygen atoms in total. The predicted molar refractivity (Wildman–Crippen MR) is 64.4 cm³/mol. The minimum absolute atomic E-state index is 0.281. The molecule has 0 N–H and O–H groups in total. The van der Waals surface area contributed by atoms with Crippen molar-refractivity contribution in [1.29, 1.82) is 0 Å². The largest absolute Gasteiger partial charge is 0.113 e. The Labute approximate surface area is 89.1 Å². The summed E-state index contributed by atoms with van der Waals surface area (Å²) in [5, 5.41) is 0. The zero-order valence-electron chi connectivity index (χ0n) is 9.51. The summed E-state index contributed by atoms with van der Waals surface area (Å²) in [4.78, 5) is 0. The molecule has 1 aromatic rings. The number of benzene rings is 1. The van der Waals surface area contributed by atoms with Crippen molar-refractivity contribution >= 4 is 13.3 Å². The first-order valence-electron chi connectivity index (χ1n) is 5.42. The fraction of sp³-hybridized carbons (Fsp3) is 0.538. The zero-order valence-corrected chi connectivity index (χ0v) is 9.51. The molecule has 0 saturated heterocycles. The van der Waals surface area contributed by atoms with Crippen LogP contribution in [0.4, 0.5) is 0 Å². The van der Waals surface area contributed by atoms with Crippen molar-refractivity contribution in [3.63, 3.8) is 0 Å². The molecule has 0 unspecified atom stereocenters. The van der Waals surface area contributed by atoms with Crippen molar-refractivity contribution in [2.75, 3.05) is 0 Å². The molecule has 1 aromatic carbocycles. The smallest absolute Gasteiger partial charge is 0.0967 e. The molecule has 0 aliphatic heterocycles. The van der Waals surface area contributed by atoms with Gasteiger partial charge in [-0.25, -0.2) is 0 Å². The molecule has 74 valence electrons. The average molecular weight is 186 g/mol. The van der Waals surface area contributed by atoms with Crippen LogP contribution in [0.5, 0.6) is 0 Å². The summed E-state index contributed by atoms with van der Waals surface area (Å²) in [6.45, 7) is 6.83. The second-order valence-corrected chi connectivity index (χ2v) is 4.61. The molecule has 0 fully saturated rings. The normalized spacial score (nSPS) is 11.6. The summed E-state index contributed by atoms with van der Waals surface area (Å²) in [6, 6.07) is 8.27. The van der Waals surface area contributed by atoms with Crippen molar-refractivity contribution in [3.8, 4) is 0 Å². The first kappa shape index (κ1) is 11.4. The lowest BCUT2D eigenvalue weighted by Crippen LogP contribution is -2.17. The summed E-state index contributed by atoms with van der Waals surface area (Å²) in [6.07, 6.45) is 3.79. The predicted octanol–water partition coefficient (Wildman–Crippen LogP) is 2.95. The van der Waals surface area contributed by atoms with Gasteiger partial charge >= 0.3 is 0 Å². The maximum absolute atomic E-state index is 5.67. The van der Waals surface area contributed by atoms with Crippen LogP contribution in [0, 0.1) is 0 Å². The summed E-state index contributed by atoms with van der Waals surface area (Å²) in [7, 11) is 5.67. The Balaban J connectivity index is 2.75. The second kappa shape index (κ2) is 4.68. The molecule has 1 rings (SSSR count). The fourth-order valence-electron chi connectivity index (χ4n) is 1.70. The van der Waals surface area contributed by atoms with Gasteiger partial charge in [-0.15, -0.1) is 0 Å². The molecule has 0 aromatic heterocycles. The molecule has 0 atom stereocenters. The van der Waals surface area contributed by atoms with Crippen molar-refractivity contribution in [2.45, 2.75) is 45.4 Å². The lowest BCUT2D eigenvalue weighted by molar-refractivity contribution is 0.458. The van der Waals surface area contributed by atoms with Gasteiger partial charge in [0.25, 0.3) is 0 Å². The molecule has 14 heavy (non-hydrogen) atoms. The summed E-state index contributed by atoms with van der Waals surface area (Å²) in [5.41, 5.74) is 2.52. The Morgan fingerprint density at radius 3 is 2.21 bits per heavy atom. The van der Waals surface area contributed by atoms with Gasteiger partial charge in [0.15, 0.2) is 0 Å². The highest BCUT2D eigenvalue weighted by Gasteiger charge is 2.18. The maximum Gasteiger partial charge on any atom is 0.113 e. The monoisotopic (exact) mass is 186 g/mol. The summed E-state index contributed by atoms with van der Waals surface area (Å²) >= 11 is 0. The summed E-state index contributed by atoms with van der Waals surface area (Å²) < 4.78 is 0. The molecular formula is C13H19B. The highest BCUT2D eigenvalue weighted by atomic mass is 14.2. The van der Waals surface area contributed by atoms with Crippen molar-refractivity contribution in [1.82, 2.24) is 0 Å². The minimum Gasteiger partial charge on any atom is -0.0967 e. The maximum atomic E-state index is 5.67. The van der Waals surface area contributed by atoms with Crippen LogP contribution in [0.15, 0.2) is 24.3 Å². The van der Waals surface area contributed by atoms with Crippen molar-refractivity contribution in [2.24, 2.45) is 0 Å². The van der Waals surface area contributed by atoms with E-state index in [0.29, 0.717) is 0 Å². The first-order chi connectivity index (χ1) is 6.56. The number of hydrogen-bond acceptors (Lipinski definition) is 0. The zero-order chi connectivity index (χ0) is 10.6. The Morgan fingerprint density at radius 2 is 1.71 bits per heavy atom. The van der Waals surface area contributed by atoms with E-state index in [0.717, 1.165) is 5.46 Å². The van der Waals surface area contributed by atoms with E-state index in [1.807, 2.05) is 12.1 Å². The van der Waals surface area contributed by atoms with E-state index >= 15 is 0 Å². The minimum atomic E-state index is 0.281. The highest BCUT2D eigenvalue weighted by Crippen LogP contribution is 2.28. The number of rotatable bonds is 4. The SMILES string of the molecule is [B]c1ccc(C(C)(C)CCCC)cc1. The standard InChI is InChI=1S/C13H19B/c1-4-5-10-13(2,3)11-6-8-12(14)9-7-11/h6-9H,4-5,10H2,1-3H3. The Bertz CT molecular complexity index is 272. The molecule has 0 spiro atoms. The van der Waals surface area contributed by atoms with Gasteiger partial charge in [-0.2, -0.15) is 0 Å². The molecule has 0 saturated carbocycles. The van der Waals surface area contributed by atoms with E-state index in [1.165, 1.54) is 24.8 Å². The third-order valence-electron chi connectivity index (χ3n) is 2.85. The van der Waals surface area contributed by atoms with Gasteiger partial charge in [-0.05, 0) is 17.4 Å². The van der Waals surface area contributed by atoms with Gasteiger partial charge in [0.2, 0.25) is 0 Å². The highest BCUT2D eigenvalue weighted by molar-refractivity contribution is 6.32. The Kier molecular flexibility index (Phi) is 3.80. The van der Waals surface area contributed by atoms with Crippen LogP contribution in [0.25, 0.3) is 0 Å². The molecular weight excluding hydrogens is 167 g/mol. The van der Waals surface area contributed by atoms with E-state index in [4.69, 9.17) is 7.85 Å². The molecule has 1 heteroatoms. The number of hydrogen-bond donors (Lipinski definition) is 0. The van der Waals surface area contributed by atoms with Crippen LogP contribution in [0.1, 0.15) is 45.6 Å². The van der Waals surface area contributed by atoms with Gasteiger partial charge < -0.3 is 0 Å². The molecule has 0 amide bonds. The number of unbranched alkanes of at least 4 members (excludes halogenated alkanes) is 1. The van der Waals surface area contributed by atoms with E-state index in [2.05, 4.69) is 32.9 Å². The van der Waals surface area contributed by atoms with Crippen LogP contribution in [-0.4, -0.2) is 7.85 Å². The first-order valence-corrected chi connectivity index (χ1v) is 5.42. The Hall–Kier alpha value is -0.715. The van der Waals surface area contributed by atoms with Gasteiger partial charge in [0.1, 0.15) is 7.85 Å². The van der Waals surface area contributed by atoms with Crippen LogP contribution < -0.4 is 5.46 Å². The molecule has 2 radical (unpaired) electrons. The topological polar surface area (TPSA) is 0 Å². The van der Waals surface area contributed by atoms with Crippen molar-refractivity contribution < 1.29 is 0 Å². The second-order valence-electron chi connectivity index (χ2n) is 4.61. The van der Waals surface area contributed by atoms with Crippen LogP contribution in [0.2, 0.25) is 0 Å². The molecule has 0 bridgehead atoms. The summed E-state index contributed by atoms with van der Waals surface area (Å²) in [5.74, 6) is 0. The quantitative estimate of drug-likeness (QED) is 0.634. The van der Waals surface area contributed by atoms with Gasteiger partial charge in [-0.3, -0.25) is 0 Å². The van der Waals surface area contributed by atoms with Crippen molar-refractivity contribution in [3.05, 3.63) is 29.8 Å². The van der Waals surface area contributed by atoms with Crippen LogP contribution in [-0.2, 0) is 5.41 Å². The fourth-order valence-corrected chi connectivity index (χ4v) is 1.70. The average Bonchev–Trinajstić information content (AvgIpc) is 2.16.